The molecule has 1 unspecified atom stereocenters. The minimum absolute atomic E-state index is 0.288. The van der Waals surface area contributed by atoms with Gasteiger partial charge in [-0.1, -0.05) is 24.3 Å². The first kappa shape index (κ1) is 19.7. The van der Waals surface area contributed by atoms with Gasteiger partial charge in [-0.15, -0.1) is 0 Å². The summed E-state index contributed by atoms with van der Waals surface area (Å²) in [5.41, 5.74) is 3.87. The Hall–Kier alpha value is -2.25. The van der Waals surface area contributed by atoms with E-state index in [0.717, 1.165) is 26.3 Å². The normalized spacial score (nSPS) is 15.8. The quantitative estimate of drug-likeness (QED) is 0.407. The molecule has 0 saturated carbocycles. The highest BCUT2D eigenvalue weighted by Gasteiger charge is 2.23. The molecule has 1 atom stereocenters. The second kappa shape index (κ2) is 8.47. The maximum absolute atomic E-state index is 5.39. The van der Waals surface area contributed by atoms with Gasteiger partial charge in [0.15, 0.2) is 0 Å². The largest absolute Gasteiger partial charge is 0.381 e. The number of benzene rings is 2. The SMILES string of the molecule is CN(C)C(CNSc1ccc2cc[nH]c2c1)c1cn(CC2COC2)c2ccccc12. The first-order valence-corrected chi connectivity index (χ1v) is 11.3. The third-order valence-corrected chi connectivity index (χ3v) is 6.76. The van der Waals surface area contributed by atoms with Crippen molar-refractivity contribution in [2.75, 3.05) is 33.9 Å². The van der Waals surface area contributed by atoms with Crippen LogP contribution < -0.4 is 4.72 Å². The van der Waals surface area contributed by atoms with E-state index in [0.29, 0.717) is 5.92 Å². The lowest BCUT2D eigenvalue weighted by Crippen LogP contribution is -2.31. The van der Waals surface area contributed by atoms with Crippen LogP contribution >= 0.6 is 11.9 Å². The molecule has 1 fully saturated rings. The number of fused-ring (bicyclic) bond motifs is 2. The summed E-state index contributed by atoms with van der Waals surface area (Å²) in [6.45, 7) is 3.64. The van der Waals surface area contributed by atoms with E-state index in [4.69, 9.17) is 4.74 Å². The van der Waals surface area contributed by atoms with E-state index in [1.807, 2.05) is 6.20 Å². The Balaban J connectivity index is 1.35. The number of H-pyrrole nitrogens is 1. The molecule has 30 heavy (non-hydrogen) atoms. The zero-order chi connectivity index (χ0) is 20.5. The number of aromatic amines is 1. The predicted molar refractivity (Wildman–Crippen MR) is 125 cm³/mol. The van der Waals surface area contributed by atoms with Crippen molar-refractivity contribution in [1.82, 2.24) is 19.2 Å². The molecule has 4 aromatic rings. The second-order valence-corrected chi connectivity index (χ2v) is 9.28. The van der Waals surface area contributed by atoms with Crippen LogP contribution in [0, 0.1) is 5.92 Å². The standard InChI is InChI=1S/C24H28N4OS/c1-27(2)24(12-26-30-19-8-7-18-9-10-25-22(18)11-19)21-14-28(13-17-15-29-16-17)23-6-4-3-5-20(21)23/h3-11,14,17,24-26H,12-13,15-16H2,1-2H3. The lowest BCUT2D eigenvalue weighted by Gasteiger charge is -2.27. The Morgan fingerprint density at radius 3 is 2.87 bits per heavy atom. The number of likely N-dealkylation sites (N-methyl/N-ethyl adjacent to an activating group) is 1. The van der Waals surface area contributed by atoms with Crippen LogP contribution in [0.5, 0.6) is 0 Å². The molecule has 2 aromatic carbocycles. The minimum atomic E-state index is 0.288. The predicted octanol–water partition coefficient (Wildman–Crippen LogP) is 4.67. The van der Waals surface area contributed by atoms with Crippen LogP contribution in [0.3, 0.4) is 0 Å². The molecule has 2 N–H and O–H groups in total. The number of para-hydroxylation sites is 1. The van der Waals surface area contributed by atoms with Gasteiger partial charge in [0.05, 0.1) is 13.2 Å². The molecule has 156 valence electrons. The van der Waals surface area contributed by atoms with Gasteiger partial charge in [-0.3, -0.25) is 4.72 Å². The van der Waals surface area contributed by atoms with Crippen LogP contribution in [0.25, 0.3) is 21.8 Å². The highest BCUT2D eigenvalue weighted by atomic mass is 32.2. The van der Waals surface area contributed by atoms with E-state index in [1.165, 1.54) is 32.3 Å². The molecule has 6 heteroatoms. The Labute approximate surface area is 181 Å². The topological polar surface area (TPSA) is 45.2 Å². The van der Waals surface area contributed by atoms with Crippen molar-refractivity contribution >= 4 is 33.8 Å². The Kier molecular flexibility index (Phi) is 5.56. The zero-order valence-electron chi connectivity index (χ0n) is 17.5. The number of hydrogen-bond acceptors (Lipinski definition) is 4. The number of aromatic nitrogens is 2. The lowest BCUT2D eigenvalue weighted by molar-refractivity contribution is -0.0389. The number of nitrogens with zero attached hydrogens (tertiary/aromatic N) is 2. The molecule has 0 bridgehead atoms. The number of nitrogens with one attached hydrogen (secondary N) is 2. The maximum Gasteiger partial charge on any atom is 0.0533 e. The second-order valence-electron chi connectivity index (χ2n) is 8.31. The molecule has 3 heterocycles. The van der Waals surface area contributed by atoms with Crippen LogP contribution in [0.15, 0.2) is 65.8 Å². The fourth-order valence-electron chi connectivity index (χ4n) is 4.22. The molecule has 1 saturated heterocycles. The number of ether oxygens (including phenoxy) is 1. The summed E-state index contributed by atoms with van der Waals surface area (Å²) in [5, 5.41) is 2.59. The summed E-state index contributed by atoms with van der Waals surface area (Å²) < 4.78 is 11.4. The molecule has 0 amide bonds. The smallest absolute Gasteiger partial charge is 0.0533 e. The zero-order valence-corrected chi connectivity index (χ0v) is 18.3. The molecular weight excluding hydrogens is 392 g/mol. The summed E-state index contributed by atoms with van der Waals surface area (Å²) in [6, 6.07) is 17.7. The molecule has 0 radical (unpaired) electrons. The van der Waals surface area contributed by atoms with Crippen LogP contribution in [0.1, 0.15) is 11.6 Å². The average Bonchev–Trinajstić information content (AvgIpc) is 3.32. The van der Waals surface area contributed by atoms with Gasteiger partial charge in [0.25, 0.3) is 0 Å². The van der Waals surface area contributed by atoms with E-state index < -0.39 is 0 Å². The van der Waals surface area contributed by atoms with Crippen molar-refractivity contribution < 1.29 is 4.74 Å². The van der Waals surface area contributed by atoms with Crippen molar-refractivity contribution in [3.8, 4) is 0 Å². The van der Waals surface area contributed by atoms with Crippen molar-refractivity contribution in [3.63, 3.8) is 0 Å². The van der Waals surface area contributed by atoms with E-state index in [-0.39, 0.29) is 6.04 Å². The van der Waals surface area contributed by atoms with E-state index in [2.05, 4.69) is 88.0 Å². The van der Waals surface area contributed by atoms with Crippen molar-refractivity contribution in [3.05, 3.63) is 66.5 Å². The Bertz CT molecular complexity index is 1140. The van der Waals surface area contributed by atoms with Gasteiger partial charge < -0.3 is 19.2 Å². The van der Waals surface area contributed by atoms with Gasteiger partial charge in [-0.25, -0.2) is 0 Å². The summed E-state index contributed by atoms with van der Waals surface area (Å²) in [4.78, 5) is 6.81. The van der Waals surface area contributed by atoms with Gasteiger partial charge >= 0.3 is 0 Å². The fourth-order valence-corrected chi connectivity index (χ4v) is 4.95. The molecule has 0 aliphatic carbocycles. The molecule has 2 aromatic heterocycles. The minimum Gasteiger partial charge on any atom is -0.381 e. The van der Waals surface area contributed by atoms with Crippen LogP contribution in [-0.2, 0) is 11.3 Å². The molecular formula is C24H28N4OS. The number of rotatable bonds is 8. The third-order valence-electron chi connectivity index (χ3n) is 5.96. The van der Waals surface area contributed by atoms with Gasteiger partial charge in [0, 0.05) is 58.8 Å². The third kappa shape index (κ3) is 3.88. The van der Waals surface area contributed by atoms with Crippen molar-refractivity contribution in [1.29, 1.82) is 0 Å². The molecule has 1 aliphatic rings. The Morgan fingerprint density at radius 2 is 2.07 bits per heavy atom. The van der Waals surface area contributed by atoms with Gasteiger partial charge in [-0.05, 0) is 61.3 Å². The number of hydrogen-bond donors (Lipinski definition) is 2. The summed E-state index contributed by atoms with van der Waals surface area (Å²) in [7, 11) is 4.32. The van der Waals surface area contributed by atoms with Gasteiger partial charge in [-0.2, -0.15) is 0 Å². The first-order chi connectivity index (χ1) is 14.7. The van der Waals surface area contributed by atoms with Crippen molar-refractivity contribution in [2.45, 2.75) is 17.5 Å². The first-order valence-electron chi connectivity index (χ1n) is 10.5. The summed E-state index contributed by atoms with van der Waals surface area (Å²) in [6.07, 6.45) is 4.34. The van der Waals surface area contributed by atoms with E-state index in [1.54, 1.807) is 11.9 Å². The maximum atomic E-state index is 5.39. The summed E-state index contributed by atoms with van der Waals surface area (Å²) in [5.74, 6) is 0.628. The highest BCUT2D eigenvalue weighted by Crippen LogP contribution is 2.31. The van der Waals surface area contributed by atoms with E-state index >= 15 is 0 Å². The average molecular weight is 421 g/mol. The monoisotopic (exact) mass is 420 g/mol. The van der Waals surface area contributed by atoms with E-state index in [9.17, 15) is 0 Å². The molecule has 0 spiro atoms. The van der Waals surface area contributed by atoms with Gasteiger partial charge in [0.1, 0.15) is 0 Å². The Morgan fingerprint density at radius 1 is 1.20 bits per heavy atom. The molecule has 1 aliphatic heterocycles. The van der Waals surface area contributed by atoms with Crippen LogP contribution in [0.2, 0.25) is 0 Å². The fraction of sp³-hybridized carbons (Fsp3) is 0.333. The highest BCUT2D eigenvalue weighted by molar-refractivity contribution is 7.97. The molecule has 5 nitrogen and oxygen atoms in total. The molecule has 5 rings (SSSR count). The summed E-state index contributed by atoms with van der Waals surface area (Å²) >= 11 is 1.69. The van der Waals surface area contributed by atoms with Gasteiger partial charge in [0.2, 0.25) is 0 Å². The van der Waals surface area contributed by atoms with Crippen LogP contribution in [0.4, 0.5) is 0 Å². The van der Waals surface area contributed by atoms with Crippen molar-refractivity contribution in [2.24, 2.45) is 5.92 Å². The van der Waals surface area contributed by atoms with Crippen LogP contribution in [-0.4, -0.2) is 48.3 Å². The lowest BCUT2D eigenvalue weighted by atomic mass is 10.1.